The molecule has 0 saturated carbocycles. The van der Waals surface area contributed by atoms with E-state index in [1.54, 1.807) is 6.08 Å². The minimum Gasteiger partial charge on any atom is -0.309 e. The Balaban J connectivity index is 2.62. The molecule has 1 aromatic carbocycles. The van der Waals surface area contributed by atoms with Crippen LogP contribution >= 0.6 is 0 Å². The van der Waals surface area contributed by atoms with Gasteiger partial charge >= 0.3 is 0 Å². The predicted octanol–water partition coefficient (Wildman–Crippen LogP) is 3.64. The maximum atomic E-state index is 12.2. The molecule has 1 aromatic rings. The van der Waals surface area contributed by atoms with Crippen LogP contribution in [-0.2, 0) is 4.79 Å². The third-order valence-corrected chi connectivity index (χ3v) is 3.13. The Morgan fingerprint density at radius 2 is 1.95 bits per heavy atom. The molecule has 19 heavy (non-hydrogen) atoms. The number of carbonyl (C=O) groups is 1. The summed E-state index contributed by atoms with van der Waals surface area (Å²) in [4.78, 5) is 14.3. The van der Waals surface area contributed by atoms with Gasteiger partial charge in [0.25, 0.3) is 0 Å². The van der Waals surface area contributed by atoms with Gasteiger partial charge in [0.2, 0.25) is 0 Å². The maximum Gasteiger partial charge on any atom is 0.160 e. The third kappa shape index (κ3) is 6.35. The van der Waals surface area contributed by atoms with E-state index in [0.29, 0.717) is 0 Å². The number of hydrogen-bond donors (Lipinski definition) is 0. The molecule has 0 fully saturated rings. The molecule has 104 valence electrons. The Hall–Kier alpha value is -1.41. The molecule has 0 N–H and O–H groups in total. The van der Waals surface area contributed by atoms with Gasteiger partial charge < -0.3 is 4.90 Å². The molecule has 0 radical (unpaired) electrons. The molecular weight excluding hydrogens is 234 g/mol. The first-order valence-electron chi connectivity index (χ1n) is 7.05. The van der Waals surface area contributed by atoms with E-state index in [2.05, 4.69) is 11.8 Å². The molecule has 2 nitrogen and oxygen atoms in total. The molecule has 2 heteroatoms. The zero-order valence-corrected chi connectivity index (χ0v) is 12.3. The van der Waals surface area contributed by atoms with Crippen LogP contribution in [0.25, 0.3) is 6.08 Å². The number of carbonyl (C=O) groups excluding carboxylic acids is 1. The Bertz CT molecular complexity index is 395. The summed E-state index contributed by atoms with van der Waals surface area (Å²) in [5.41, 5.74) is 1.08. The summed E-state index contributed by atoms with van der Waals surface area (Å²) >= 11 is 0. The smallest absolute Gasteiger partial charge is 0.160 e. The summed E-state index contributed by atoms with van der Waals surface area (Å²) in [5, 5.41) is 0. The molecule has 0 heterocycles. The van der Waals surface area contributed by atoms with Crippen molar-refractivity contribution in [3.05, 3.63) is 42.0 Å². The Kier molecular flexibility index (Phi) is 7.12. The lowest BCUT2D eigenvalue weighted by Crippen LogP contribution is -2.27. The highest BCUT2D eigenvalue weighted by molar-refractivity contribution is 5.95. The van der Waals surface area contributed by atoms with Crippen molar-refractivity contribution in [2.45, 2.75) is 26.2 Å². The van der Waals surface area contributed by atoms with Crippen LogP contribution in [0.2, 0.25) is 0 Å². The van der Waals surface area contributed by atoms with E-state index >= 15 is 0 Å². The molecule has 0 aromatic heterocycles. The molecule has 0 aliphatic heterocycles. The average Bonchev–Trinajstić information content (AvgIpc) is 2.41. The standard InChI is InChI=1S/C17H25NO/c1-4-5-11-16(14-18(2)3)17(19)13-12-15-9-7-6-8-10-15/h6-10,12-13,16H,4-5,11,14H2,1-3H3/b13-12+/t16-/m1/s1. The van der Waals surface area contributed by atoms with Gasteiger partial charge in [0, 0.05) is 12.5 Å². The molecule has 0 aliphatic carbocycles. The number of ketones is 1. The van der Waals surface area contributed by atoms with E-state index in [1.807, 2.05) is 50.5 Å². The lowest BCUT2D eigenvalue weighted by Gasteiger charge is -2.18. The van der Waals surface area contributed by atoms with Gasteiger partial charge in [0.1, 0.15) is 0 Å². The summed E-state index contributed by atoms with van der Waals surface area (Å²) in [6, 6.07) is 9.97. The summed E-state index contributed by atoms with van der Waals surface area (Å²) in [6.45, 7) is 3.00. The van der Waals surface area contributed by atoms with Crippen molar-refractivity contribution in [3.8, 4) is 0 Å². The Labute approximate surface area is 117 Å². The van der Waals surface area contributed by atoms with Gasteiger partial charge in [-0.2, -0.15) is 0 Å². The van der Waals surface area contributed by atoms with Crippen LogP contribution in [-0.4, -0.2) is 31.3 Å². The summed E-state index contributed by atoms with van der Waals surface area (Å²) in [6.07, 6.45) is 6.88. The SMILES string of the molecule is CCCC[C@H](CN(C)C)C(=O)/C=C/c1ccccc1. The Morgan fingerprint density at radius 3 is 2.53 bits per heavy atom. The van der Waals surface area contributed by atoms with Crippen LogP contribution < -0.4 is 0 Å². The zero-order valence-electron chi connectivity index (χ0n) is 12.3. The van der Waals surface area contributed by atoms with Crippen molar-refractivity contribution in [3.63, 3.8) is 0 Å². The highest BCUT2D eigenvalue weighted by atomic mass is 16.1. The van der Waals surface area contributed by atoms with Crippen molar-refractivity contribution in [1.29, 1.82) is 0 Å². The van der Waals surface area contributed by atoms with E-state index < -0.39 is 0 Å². The van der Waals surface area contributed by atoms with Crippen molar-refractivity contribution in [1.82, 2.24) is 4.90 Å². The van der Waals surface area contributed by atoms with Gasteiger partial charge in [0.15, 0.2) is 5.78 Å². The number of benzene rings is 1. The number of nitrogens with zero attached hydrogens (tertiary/aromatic N) is 1. The highest BCUT2D eigenvalue weighted by Crippen LogP contribution is 2.13. The van der Waals surface area contributed by atoms with E-state index in [9.17, 15) is 4.79 Å². The molecule has 0 saturated heterocycles. The predicted molar refractivity (Wildman–Crippen MR) is 82.1 cm³/mol. The van der Waals surface area contributed by atoms with Crippen LogP contribution in [0.3, 0.4) is 0 Å². The molecular formula is C17H25NO. The highest BCUT2D eigenvalue weighted by Gasteiger charge is 2.16. The van der Waals surface area contributed by atoms with E-state index in [4.69, 9.17) is 0 Å². The van der Waals surface area contributed by atoms with E-state index in [1.165, 1.54) is 0 Å². The van der Waals surface area contributed by atoms with Gasteiger partial charge in [-0.3, -0.25) is 4.79 Å². The normalized spacial score (nSPS) is 13.1. The second-order valence-electron chi connectivity index (χ2n) is 5.25. The first kappa shape index (κ1) is 15.6. The third-order valence-electron chi connectivity index (χ3n) is 3.13. The average molecular weight is 259 g/mol. The lowest BCUT2D eigenvalue weighted by atomic mass is 9.96. The molecule has 0 unspecified atom stereocenters. The Morgan fingerprint density at radius 1 is 1.26 bits per heavy atom. The largest absolute Gasteiger partial charge is 0.309 e. The zero-order chi connectivity index (χ0) is 14.1. The van der Waals surface area contributed by atoms with Gasteiger partial charge in [0.05, 0.1) is 0 Å². The number of unbranched alkanes of at least 4 members (excludes halogenated alkanes) is 1. The van der Waals surface area contributed by atoms with Gasteiger partial charge in [-0.15, -0.1) is 0 Å². The van der Waals surface area contributed by atoms with Crippen LogP contribution in [0.4, 0.5) is 0 Å². The molecule has 0 spiro atoms. The van der Waals surface area contributed by atoms with Crippen LogP contribution in [0.1, 0.15) is 31.7 Å². The molecule has 0 amide bonds. The van der Waals surface area contributed by atoms with Crippen molar-refractivity contribution in [2.75, 3.05) is 20.6 Å². The maximum absolute atomic E-state index is 12.2. The minimum absolute atomic E-state index is 0.120. The fourth-order valence-corrected chi connectivity index (χ4v) is 2.09. The second-order valence-corrected chi connectivity index (χ2v) is 5.25. The van der Waals surface area contributed by atoms with Crippen LogP contribution in [0, 0.1) is 5.92 Å². The fraction of sp³-hybridized carbons (Fsp3) is 0.471. The van der Waals surface area contributed by atoms with E-state index in [0.717, 1.165) is 31.4 Å². The lowest BCUT2D eigenvalue weighted by molar-refractivity contribution is -0.118. The van der Waals surface area contributed by atoms with Crippen molar-refractivity contribution >= 4 is 11.9 Å². The van der Waals surface area contributed by atoms with Crippen molar-refractivity contribution < 1.29 is 4.79 Å². The van der Waals surface area contributed by atoms with Gasteiger partial charge in [-0.1, -0.05) is 56.2 Å². The monoisotopic (exact) mass is 259 g/mol. The first-order valence-corrected chi connectivity index (χ1v) is 7.05. The van der Waals surface area contributed by atoms with Crippen molar-refractivity contribution in [2.24, 2.45) is 5.92 Å². The molecule has 1 atom stereocenters. The quantitative estimate of drug-likeness (QED) is 0.664. The van der Waals surface area contributed by atoms with Gasteiger partial charge in [-0.25, -0.2) is 0 Å². The van der Waals surface area contributed by atoms with E-state index in [-0.39, 0.29) is 11.7 Å². The first-order chi connectivity index (χ1) is 9.13. The van der Waals surface area contributed by atoms with Crippen LogP contribution in [0.15, 0.2) is 36.4 Å². The topological polar surface area (TPSA) is 20.3 Å². The molecule has 1 rings (SSSR count). The number of allylic oxidation sites excluding steroid dienone is 1. The summed E-state index contributed by atoms with van der Waals surface area (Å²) in [7, 11) is 4.04. The molecule has 0 bridgehead atoms. The fourth-order valence-electron chi connectivity index (χ4n) is 2.09. The molecule has 0 aliphatic rings. The summed E-state index contributed by atoms with van der Waals surface area (Å²) < 4.78 is 0. The van der Waals surface area contributed by atoms with Crippen LogP contribution in [0.5, 0.6) is 0 Å². The number of hydrogen-bond acceptors (Lipinski definition) is 2. The van der Waals surface area contributed by atoms with Gasteiger partial charge in [-0.05, 0) is 32.2 Å². The minimum atomic E-state index is 0.120. The number of rotatable bonds is 8. The summed E-state index contributed by atoms with van der Waals surface area (Å²) in [5.74, 6) is 0.362. The second kappa shape index (κ2) is 8.65.